The van der Waals surface area contributed by atoms with Crippen LogP contribution in [0.4, 0.5) is 0 Å². The molecule has 1 aliphatic rings. The van der Waals surface area contributed by atoms with Crippen molar-refractivity contribution in [2.45, 2.75) is 59.2 Å². The number of ether oxygens (including phenoxy) is 2. The summed E-state index contributed by atoms with van der Waals surface area (Å²) in [5.74, 6) is 1.06. The molecule has 0 heterocycles. The minimum atomic E-state index is -0.315. The highest BCUT2D eigenvalue weighted by molar-refractivity contribution is 7.81. The summed E-state index contributed by atoms with van der Waals surface area (Å²) in [6.45, 7) is 16.1. The predicted molar refractivity (Wildman–Crippen MR) is 130 cm³/mol. The predicted octanol–water partition coefficient (Wildman–Crippen LogP) is 6.42. The van der Waals surface area contributed by atoms with Crippen LogP contribution in [-0.4, -0.2) is 22.9 Å². The molecule has 2 rings (SSSR count). The van der Waals surface area contributed by atoms with Gasteiger partial charge in [-0.25, -0.2) is 0 Å². The summed E-state index contributed by atoms with van der Waals surface area (Å²) in [7, 11) is 0. The van der Waals surface area contributed by atoms with Crippen LogP contribution < -0.4 is 9.47 Å². The van der Waals surface area contributed by atoms with E-state index in [-0.39, 0.29) is 29.3 Å². The molecule has 0 saturated carbocycles. The fourth-order valence-electron chi connectivity index (χ4n) is 3.06. The molecule has 0 radical (unpaired) electrons. The molecule has 0 amide bonds. The second-order valence-corrected chi connectivity index (χ2v) is 8.97. The fourth-order valence-corrected chi connectivity index (χ4v) is 3.22. The molecule has 0 aromatic heterocycles. The first-order valence-corrected chi connectivity index (χ1v) is 10.7. The van der Waals surface area contributed by atoms with Crippen LogP contribution >= 0.6 is 12.2 Å². The van der Waals surface area contributed by atoms with Gasteiger partial charge in [0.05, 0.1) is 23.7 Å². The van der Waals surface area contributed by atoms with E-state index in [1.54, 1.807) is 24.3 Å². The average molecular weight is 425 g/mol. The van der Waals surface area contributed by atoms with Gasteiger partial charge < -0.3 is 9.47 Å². The van der Waals surface area contributed by atoms with Crippen molar-refractivity contribution in [3.8, 4) is 11.5 Å². The summed E-state index contributed by atoms with van der Waals surface area (Å²) in [6, 6.07) is 3.96. The van der Waals surface area contributed by atoms with Gasteiger partial charge in [-0.1, -0.05) is 50.4 Å². The number of benzene rings is 1. The zero-order valence-electron chi connectivity index (χ0n) is 18.8. The Kier molecular flexibility index (Phi) is 7.96. The summed E-state index contributed by atoms with van der Waals surface area (Å²) in [5.41, 5.74) is 1.45. The van der Waals surface area contributed by atoms with Crippen molar-refractivity contribution >= 4 is 28.9 Å². The van der Waals surface area contributed by atoms with E-state index in [1.807, 2.05) is 58.1 Å². The number of allylic oxidation sites excluding steroid dienone is 6. The maximum absolute atomic E-state index is 12.8. The van der Waals surface area contributed by atoms with Crippen molar-refractivity contribution in [3.05, 3.63) is 66.3 Å². The van der Waals surface area contributed by atoms with Gasteiger partial charge >= 0.3 is 0 Å². The van der Waals surface area contributed by atoms with E-state index >= 15 is 0 Å². The van der Waals surface area contributed by atoms with Gasteiger partial charge in [-0.2, -0.15) is 0 Å². The highest BCUT2D eigenvalue weighted by Crippen LogP contribution is 2.41. The third-order valence-corrected chi connectivity index (χ3v) is 5.03. The van der Waals surface area contributed by atoms with Crippen molar-refractivity contribution in [2.75, 3.05) is 0 Å². The van der Waals surface area contributed by atoms with Crippen molar-refractivity contribution in [2.24, 2.45) is 5.92 Å². The number of carbonyl (C=O) groups is 1. The largest absolute Gasteiger partial charge is 0.490 e. The van der Waals surface area contributed by atoms with Gasteiger partial charge in [0.25, 0.3) is 0 Å². The molecule has 160 valence electrons. The molecule has 0 aliphatic heterocycles. The zero-order chi connectivity index (χ0) is 22.5. The molecule has 0 fully saturated rings. The van der Waals surface area contributed by atoms with Crippen LogP contribution in [0, 0.1) is 5.92 Å². The Hall–Kier alpha value is -2.46. The van der Waals surface area contributed by atoms with E-state index in [0.717, 1.165) is 16.0 Å². The molecule has 0 spiro atoms. The standard InChI is InChI=1S/C26H32O3S/c1-8-26(6,7)22-14-16-24(28-17(2)3)21(25(22)29-18(4)5)13-15-23(27)19-9-11-20(30)12-10-19/h8-19H,1H2,2-7H3/b15-13+. The molecule has 0 saturated heterocycles. The lowest BCUT2D eigenvalue weighted by atomic mass is 9.83. The van der Waals surface area contributed by atoms with Crippen LogP contribution in [-0.2, 0) is 10.2 Å². The fraction of sp³-hybridized carbons (Fsp3) is 0.385. The van der Waals surface area contributed by atoms with Crippen molar-refractivity contribution in [3.63, 3.8) is 0 Å². The Labute approximate surface area is 186 Å². The third kappa shape index (κ3) is 6.02. The summed E-state index contributed by atoms with van der Waals surface area (Å²) < 4.78 is 12.3. The zero-order valence-corrected chi connectivity index (χ0v) is 19.6. The van der Waals surface area contributed by atoms with Gasteiger partial charge in [-0.3, -0.25) is 4.79 Å². The molecule has 1 aliphatic carbocycles. The molecule has 0 unspecified atom stereocenters. The minimum absolute atomic E-state index is 0.0109. The molecule has 0 atom stereocenters. The second-order valence-electron chi connectivity index (χ2n) is 8.50. The number of rotatable bonds is 9. The van der Waals surface area contributed by atoms with E-state index in [1.165, 1.54) is 0 Å². The molecule has 0 bridgehead atoms. The lowest BCUT2D eigenvalue weighted by Gasteiger charge is -2.28. The van der Waals surface area contributed by atoms with Gasteiger partial charge in [0.2, 0.25) is 0 Å². The van der Waals surface area contributed by atoms with E-state index in [0.29, 0.717) is 11.5 Å². The Bertz CT molecular complexity index is 885. The van der Waals surface area contributed by atoms with E-state index < -0.39 is 0 Å². The number of thiocarbonyl (C=S) groups is 1. The first-order valence-electron chi connectivity index (χ1n) is 10.3. The monoisotopic (exact) mass is 424 g/mol. The summed E-state index contributed by atoms with van der Waals surface area (Å²) in [5, 5.41) is 0. The lowest BCUT2D eigenvalue weighted by Crippen LogP contribution is -2.19. The Balaban J connectivity index is 2.57. The maximum atomic E-state index is 12.8. The Morgan fingerprint density at radius 1 is 1.10 bits per heavy atom. The number of hydrogen-bond donors (Lipinski definition) is 0. The topological polar surface area (TPSA) is 35.5 Å². The molecule has 0 N–H and O–H groups in total. The number of carbonyl (C=O) groups excluding carboxylic acids is 1. The Morgan fingerprint density at radius 2 is 1.70 bits per heavy atom. The van der Waals surface area contributed by atoms with Crippen LogP contribution in [0.15, 0.2) is 55.2 Å². The SMILES string of the molecule is C=CC(C)(C)c1ccc(OC(C)C)c(/C=C/C(=O)C2C=CC(=S)C=C2)c1OC(C)C. The highest BCUT2D eigenvalue weighted by atomic mass is 32.1. The van der Waals surface area contributed by atoms with Crippen LogP contribution in [0.25, 0.3) is 6.08 Å². The average Bonchev–Trinajstić information content (AvgIpc) is 2.66. The second kappa shape index (κ2) is 10.0. The van der Waals surface area contributed by atoms with Crippen molar-refractivity contribution in [1.29, 1.82) is 0 Å². The lowest BCUT2D eigenvalue weighted by molar-refractivity contribution is -0.115. The molecular formula is C26H32O3S. The molecule has 30 heavy (non-hydrogen) atoms. The first kappa shape index (κ1) is 23.8. The summed E-state index contributed by atoms with van der Waals surface area (Å²) in [4.78, 5) is 13.5. The molecule has 3 nitrogen and oxygen atoms in total. The van der Waals surface area contributed by atoms with Crippen molar-refractivity contribution in [1.82, 2.24) is 0 Å². The maximum Gasteiger partial charge on any atom is 0.166 e. The van der Waals surface area contributed by atoms with E-state index in [9.17, 15) is 4.79 Å². The van der Waals surface area contributed by atoms with Gasteiger partial charge in [-0.15, -0.1) is 6.58 Å². The quantitative estimate of drug-likeness (QED) is 0.260. The van der Waals surface area contributed by atoms with Crippen LogP contribution in [0.2, 0.25) is 0 Å². The molecule has 1 aromatic carbocycles. The third-order valence-electron chi connectivity index (χ3n) is 4.76. The smallest absolute Gasteiger partial charge is 0.166 e. The Morgan fingerprint density at radius 3 is 2.23 bits per heavy atom. The van der Waals surface area contributed by atoms with Crippen LogP contribution in [0.5, 0.6) is 11.5 Å². The summed E-state index contributed by atoms with van der Waals surface area (Å²) in [6.07, 6.45) is 12.5. The first-order chi connectivity index (χ1) is 14.0. The molecule has 1 aromatic rings. The van der Waals surface area contributed by atoms with Gasteiger partial charge in [0.1, 0.15) is 11.5 Å². The van der Waals surface area contributed by atoms with Gasteiger partial charge in [0.15, 0.2) is 5.78 Å². The number of hydrogen-bond acceptors (Lipinski definition) is 4. The summed E-state index contributed by atoms with van der Waals surface area (Å²) >= 11 is 5.12. The number of ketones is 1. The normalized spacial score (nSPS) is 14.7. The van der Waals surface area contributed by atoms with Crippen molar-refractivity contribution < 1.29 is 14.3 Å². The van der Waals surface area contributed by atoms with Crippen LogP contribution in [0.1, 0.15) is 52.7 Å². The highest BCUT2D eigenvalue weighted by Gasteiger charge is 2.26. The minimum Gasteiger partial charge on any atom is -0.490 e. The van der Waals surface area contributed by atoms with E-state index in [2.05, 4.69) is 20.4 Å². The van der Waals surface area contributed by atoms with E-state index in [4.69, 9.17) is 21.7 Å². The van der Waals surface area contributed by atoms with Crippen LogP contribution in [0.3, 0.4) is 0 Å². The van der Waals surface area contributed by atoms with Gasteiger partial charge in [0, 0.05) is 15.8 Å². The van der Waals surface area contributed by atoms with Gasteiger partial charge in [-0.05, 0) is 58.1 Å². The molecular weight excluding hydrogens is 392 g/mol. The molecule has 4 heteroatoms.